The topological polar surface area (TPSA) is 95.1 Å². The predicted octanol–water partition coefficient (Wildman–Crippen LogP) is -0.507. The van der Waals surface area contributed by atoms with E-state index in [4.69, 9.17) is 4.74 Å². The number of amides is 1. The first kappa shape index (κ1) is 17.4. The summed E-state index contributed by atoms with van der Waals surface area (Å²) in [5, 5.41) is 15.6. The summed E-state index contributed by atoms with van der Waals surface area (Å²) in [6, 6.07) is 4.80. The number of hydrogen-bond acceptors (Lipinski definition) is 4. The molecule has 23 heavy (non-hydrogen) atoms. The molecule has 0 aromatic heterocycles. The Hall–Kier alpha value is -1.92. The minimum absolute atomic E-state index is 0.0688. The number of anilines is 1. The number of benzene rings is 1. The molecule has 0 aliphatic carbocycles. The first-order valence-electron chi connectivity index (χ1n) is 7.98. The van der Waals surface area contributed by atoms with Crippen LogP contribution in [0.15, 0.2) is 18.2 Å². The van der Waals surface area contributed by atoms with Crippen molar-refractivity contribution >= 4 is 17.6 Å². The van der Waals surface area contributed by atoms with Gasteiger partial charge in [-0.05, 0) is 38.3 Å². The van der Waals surface area contributed by atoms with Crippen molar-refractivity contribution in [1.29, 1.82) is 0 Å². The highest BCUT2D eigenvalue weighted by Crippen LogP contribution is 2.16. The predicted molar refractivity (Wildman–Crippen MR) is 83.7 cm³/mol. The Balaban J connectivity index is 1.88. The number of nitrogens with one attached hydrogen (secondary N) is 1. The van der Waals surface area contributed by atoms with Gasteiger partial charge in [-0.1, -0.05) is 17.7 Å². The Morgan fingerprint density at radius 3 is 2.83 bits per heavy atom. The average molecular weight is 320 g/mol. The maximum absolute atomic E-state index is 12.1. The van der Waals surface area contributed by atoms with Crippen molar-refractivity contribution in [2.45, 2.75) is 45.3 Å². The summed E-state index contributed by atoms with van der Waals surface area (Å²) in [5.74, 6) is -1.55. The summed E-state index contributed by atoms with van der Waals surface area (Å²) < 4.78 is 5.47. The smallest absolute Gasteiger partial charge is 0.230 e. The quantitative estimate of drug-likeness (QED) is 0.707. The molecule has 1 saturated heterocycles. The lowest BCUT2D eigenvalue weighted by Crippen LogP contribution is -2.94. The van der Waals surface area contributed by atoms with Crippen LogP contribution in [0.1, 0.15) is 30.4 Å². The number of carboxylic acid groups (broad SMARTS) is 1. The van der Waals surface area contributed by atoms with Crippen molar-refractivity contribution in [2.24, 2.45) is 0 Å². The molecule has 2 rings (SSSR count). The van der Waals surface area contributed by atoms with E-state index >= 15 is 0 Å². The van der Waals surface area contributed by atoms with Gasteiger partial charge in [0.15, 0.2) is 0 Å². The van der Waals surface area contributed by atoms with E-state index in [0.29, 0.717) is 12.2 Å². The molecular weight excluding hydrogens is 296 g/mol. The van der Waals surface area contributed by atoms with E-state index in [1.165, 1.54) is 0 Å². The molecule has 0 radical (unpaired) electrons. The Kier molecular flexibility index (Phi) is 6.12. The fraction of sp³-hybridized carbons (Fsp3) is 0.529. The summed E-state index contributed by atoms with van der Waals surface area (Å²) in [6.45, 7) is 5.14. The van der Waals surface area contributed by atoms with Crippen molar-refractivity contribution < 1.29 is 24.7 Å². The molecule has 1 aliphatic heterocycles. The number of ether oxygens (including phenoxy) is 1. The molecule has 2 unspecified atom stereocenters. The summed E-state index contributed by atoms with van der Waals surface area (Å²) in [6.07, 6.45) is 1.88. The molecule has 1 aromatic rings. The van der Waals surface area contributed by atoms with Gasteiger partial charge >= 0.3 is 0 Å². The van der Waals surface area contributed by atoms with Gasteiger partial charge in [0.25, 0.3) is 0 Å². The van der Waals surface area contributed by atoms with E-state index in [2.05, 4.69) is 5.32 Å². The van der Waals surface area contributed by atoms with Crippen LogP contribution in [0.3, 0.4) is 0 Å². The first-order valence-corrected chi connectivity index (χ1v) is 7.98. The molecule has 3 N–H and O–H groups in total. The molecule has 1 fully saturated rings. The van der Waals surface area contributed by atoms with Crippen LogP contribution in [-0.2, 0) is 14.3 Å². The third kappa shape index (κ3) is 5.33. The highest BCUT2D eigenvalue weighted by molar-refractivity contribution is 5.94. The summed E-state index contributed by atoms with van der Waals surface area (Å²) in [7, 11) is 0. The highest BCUT2D eigenvalue weighted by Gasteiger charge is 2.23. The number of quaternary nitrogens is 1. The number of rotatable bonds is 7. The van der Waals surface area contributed by atoms with Gasteiger partial charge in [-0.15, -0.1) is 0 Å². The third-order valence-corrected chi connectivity index (χ3v) is 4.07. The summed E-state index contributed by atoms with van der Waals surface area (Å²) in [5.41, 5.74) is 2.77. The van der Waals surface area contributed by atoms with Crippen molar-refractivity contribution in [1.82, 2.24) is 0 Å². The zero-order valence-electron chi connectivity index (χ0n) is 13.6. The zero-order chi connectivity index (χ0) is 16.8. The normalized spacial score (nSPS) is 18.6. The van der Waals surface area contributed by atoms with Gasteiger partial charge in [-0.2, -0.15) is 0 Å². The van der Waals surface area contributed by atoms with Crippen molar-refractivity contribution in [3.8, 4) is 0 Å². The third-order valence-electron chi connectivity index (χ3n) is 4.07. The second kappa shape index (κ2) is 8.08. The SMILES string of the molecule is Cc1ccc(NC(=O)CC([NH2+]CC2CCCO2)C(=O)[O-])c(C)c1. The van der Waals surface area contributed by atoms with Gasteiger partial charge in [0.1, 0.15) is 18.7 Å². The van der Waals surface area contributed by atoms with Gasteiger partial charge in [0.2, 0.25) is 5.91 Å². The van der Waals surface area contributed by atoms with Gasteiger partial charge in [0.05, 0.1) is 12.4 Å². The molecule has 6 nitrogen and oxygen atoms in total. The van der Waals surface area contributed by atoms with Crippen LogP contribution in [0.4, 0.5) is 5.69 Å². The second-order valence-corrected chi connectivity index (χ2v) is 6.10. The molecule has 0 saturated carbocycles. The lowest BCUT2D eigenvalue weighted by Gasteiger charge is -2.18. The minimum Gasteiger partial charge on any atom is -0.544 e. The van der Waals surface area contributed by atoms with E-state index in [1.54, 1.807) is 5.32 Å². The summed E-state index contributed by atoms with van der Waals surface area (Å²) in [4.78, 5) is 23.3. The minimum atomic E-state index is -1.22. The van der Waals surface area contributed by atoms with Crippen molar-refractivity contribution in [3.63, 3.8) is 0 Å². The second-order valence-electron chi connectivity index (χ2n) is 6.10. The van der Waals surface area contributed by atoms with Crippen molar-refractivity contribution in [3.05, 3.63) is 29.3 Å². The Morgan fingerprint density at radius 2 is 2.22 bits per heavy atom. The number of aliphatic carboxylic acids is 1. The largest absolute Gasteiger partial charge is 0.544 e. The number of carbonyl (C=O) groups is 2. The lowest BCUT2D eigenvalue weighted by molar-refractivity contribution is -0.687. The molecule has 1 aromatic carbocycles. The van der Waals surface area contributed by atoms with Gasteiger partial charge in [0, 0.05) is 12.3 Å². The van der Waals surface area contributed by atoms with Gasteiger partial charge < -0.3 is 25.3 Å². The Morgan fingerprint density at radius 1 is 1.43 bits per heavy atom. The fourth-order valence-corrected chi connectivity index (χ4v) is 2.76. The number of hydrogen-bond donors (Lipinski definition) is 2. The zero-order valence-corrected chi connectivity index (χ0v) is 13.6. The number of aryl methyl sites for hydroxylation is 2. The molecular formula is C17H24N2O4. The molecule has 6 heteroatoms. The van der Waals surface area contributed by atoms with Crippen LogP contribution < -0.4 is 15.7 Å². The van der Waals surface area contributed by atoms with Crippen molar-refractivity contribution in [2.75, 3.05) is 18.5 Å². The molecule has 1 amide bonds. The molecule has 1 aliphatic rings. The van der Waals surface area contributed by atoms with Crippen LogP contribution in [0.2, 0.25) is 0 Å². The van der Waals surface area contributed by atoms with Crippen LogP contribution in [0.5, 0.6) is 0 Å². The van der Waals surface area contributed by atoms with E-state index < -0.39 is 12.0 Å². The molecule has 126 valence electrons. The number of nitrogens with two attached hydrogens (primary N) is 1. The molecule has 0 spiro atoms. The lowest BCUT2D eigenvalue weighted by atomic mass is 10.1. The molecule has 1 heterocycles. The Bertz CT molecular complexity index is 568. The van der Waals surface area contributed by atoms with E-state index in [1.807, 2.05) is 32.0 Å². The summed E-state index contributed by atoms with van der Waals surface area (Å²) >= 11 is 0. The van der Waals surface area contributed by atoms with E-state index in [9.17, 15) is 14.7 Å². The first-order chi connectivity index (χ1) is 11.0. The van der Waals surface area contributed by atoms with Gasteiger partial charge in [-0.3, -0.25) is 4.79 Å². The maximum Gasteiger partial charge on any atom is 0.230 e. The van der Waals surface area contributed by atoms with E-state index in [0.717, 1.165) is 30.6 Å². The number of carbonyl (C=O) groups excluding carboxylic acids is 2. The molecule has 2 atom stereocenters. The van der Waals surface area contributed by atoms with Crippen LogP contribution in [0.25, 0.3) is 0 Å². The monoisotopic (exact) mass is 320 g/mol. The van der Waals surface area contributed by atoms with E-state index in [-0.39, 0.29) is 18.4 Å². The highest BCUT2D eigenvalue weighted by atomic mass is 16.5. The fourth-order valence-electron chi connectivity index (χ4n) is 2.76. The molecule has 0 bridgehead atoms. The number of carboxylic acids is 1. The Labute approximate surface area is 136 Å². The van der Waals surface area contributed by atoms with Crippen LogP contribution >= 0.6 is 0 Å². The van der Waals surface area contributed by atoms with Crippen LogP contribution in [-0.4, -0.2) is 37.2 Å². The standard InChI is InChI=1S/C17H24N2O4/c1-11-5-6-14(12(2)8-11)19-16(20)9-15(17(21)22)18-10-13-4-3-7-23-13/h5-6,8,13,15,18H,3-4,7,9-10H2,1-2H3,(H,19,20)(H,21,22). The van der Waals surface area contributed by atoms with Gasteiger partial charge in [-0.25, -0.2) is 0 Å². The average Bonchev–Trinajstić information content (AvgIpc) is 2.99. The maximum atomic E-state index is 12.1. The van der Waals surface area contributed by atoms with Crippen LogP contribution in [0, 0.1) is 13.8 Å².